The lowest BCUT2D eigenvalue weighted by atomic mass is 10.3. The number of furan rings is 1. The van der Waals surface area contributed by atoms with E-state index in [4.69, 9.17) is 4.42 Å². The van der Waals surface area contributed by atoms with Gasteiger partial charge in [0.25, 0.3) is 0 Å². The van der Waals surface area contributed by atoms with Crippen LogP contribution in [0.25, 0.3) is 11.4 Å². The molecule has 6 heteroatoms. The molecule has 0 radical (unpaired) electrons. The Balaban J connectivity index is 2.49. The Morgan fingerprint density at radius 1 is 1.25 bits per heavy atom. The van der Waals surface area contributed by atoms with Crippen LogP contribution in [-0.2, 0) is 0 Å². The standard InChI is InChI=1S/C10H13N5O/c1-11-9-12-8(7-4-5-16-6-7)13-10(14-9)15(2)3/h4-6H,1-3H3,(H,11,12,13,14). The van der Waals surface area contributed by atoms with E-state index >= 15 is 0 Å². The van der Waals surface area contributed by atoms with Gasteiger partial charge in [0.15, 0.2) is 5.82 Å². The molecule has 0 amide bonds. The van der Waals surface area contributed by atoms with Gasteiger partial charge in [-0.05, 0) is 6.07 Å². The molecule has 0 aromatic carbocycles. The van der Waals surface area contributed by atoms with Crippen LogP contribution in [0.2, 0.25) is 0 Å². The molecule has 0 aliphatic rings. The van der Waals surface area contributed by atoms with Crippen molar-refractivity contribution in [3.05, 3.63) is 18.6 Å². The summed E-state index contributed by atoms with van der Waals surface area (Å²) in [5.74, 6) is 1.74. The summed E-state index contributed by atoms with van der Waals surface area (Å²) < 4.78 is 5.01. The maximum Gasteiger partial charge on any atom is 0.230 e. The first-order valence-electron chi connectivity index (χ1n) is 4.84. The minimum absolute atomic E-state index is 0.537. The van der Waals surface area contributed by atoms with Gasteiger partial charge in [0.1, 0.15) is 6.26 Å². The third-order valence-corrected chi connectivity index (χ3v) is 2.03. The molecule has 0 saturated carbocycles. The molecule has 0 fully saturated rings. The Labute approximate surface area is 93.3 Å². The van der Waals surface area contributed by atoms with Crippen LogP contribution in [-0.4, -0.2) is 36.1 Å². The van der Waals surface area contributed by atoms with Crippen molar-refractivity contribution < 1.29 is 4.42 Å². The first-order valence-corrected chi connectivity index (χ1v) is 4.84. The van der Waals surface area contributed by atoms with Crippen LogP contribution in [0.5, 0.6) is 0 Å². The average Bonchev–Trinajstić information content (AvgIpc) is 2.81. The molecule has 0 atom stereocenters. The SMILES string of the molecule is CNc1nc(-c2ccoc2)nc(N(C)C)n1. The van der Waals surface area contributed by atoms with Crippen molar-refractivity contribution in [3.8, 4) is 11.4 Å². The van der Waals surface area contributed by atoms with Crippen molar-refractivity contribution in [2.45, 2.75) is 0 Å². The van der Waals surface area contributed by atoms with Crippen LogP contribution < -0.4 is 10.2 Å². The van der Waals surface area contributed by atoms with Crippen LogP contribution in [0.1, 0.15) is 0 Å². The second-order valence-electron chi connectivity index (χ2n) is 3.44. The fourth-order valence-corrected chi connectivity index (χ4v) is 1.20. The Morgan fingerprint density at radius 2 is 2.06 bits per heavy atom. The van der Waals surface area contributed by atoms with E-state index in [1.165, 1.54) is 0 Å². The highest BCUT2D eigenvalue weighted by atomic mass is 16.3. The van der Waals surface area contributed by atoms with Gasteiger partial charge in [-0.2, -0.15) is 15.0 Å². The fraction of sp³-hybridized carbons (Fsp3) is 0.300. The Kier molecular flexibility index (Phi) is 2.72. The van der Waals surface area contributed by atoms with E-state index in [0.717, 1.165) is 5.56 Å². The summed E-state index contributed by atoms with van der Waals surface area (Å²) in [5, 5.41) is 2.91. The van der Waals surface area contributed by atoms with Crippen molar-refractivity contribution >= 4 is 11.9 Å². The monoisotopic (exact) mass is 219 g/mol. The van der Waals surface area contributed by atoms with Crippen LogP contribution in [0.3, 0.4) is 0 Å². The third-order valence-electron chi connectivity index (χ3n) is 2.03. The number of nitrogens with zero attached hydrogens (tertiary/aromatic N) is 4. The van der Waals surface area contributed by atoms with Crippen molar-refractivity contribution in [2.75, 3.05) is 31.4 Å². The average molecular weight is 219 g/mol. The molecule has 1 N–H and O–H groups in total. The number of hydrogen-bond donors (Lipinski definition) is 1. The van der Waals surface area contributed by atoms with Gasteiger partial charge in [0.2, 0.25) is 11.9 Å². The number of anilines is 2. The van der Waals surface area contributed by atoms with Crippen LogP contribution in [0, 0.1) is 0 Å². The molecule has 0 bridgehead atoms. The highest BCUT2D eigenvalue weighted by Gasteiger charge is 2.09. The lowest BCUT2D eigenvalue weighted by molar-refractivity contribution is 0.568. The maximum absolute atomic E-state index is 5.01. The molecule has 0 aliphatic carbocycles. The number of hydrogen-bond acceptors (Lipinski definition) is 6. The van der Waals surface area contributed by atoms with Crippen molar-refractivity contribution in [1.82, 2.24) is 15.0 Å². The smallest absolute Gasteiger partial charge is 0.230 e. The summed E-state index contributed by atoms with van der Waals surface area (Å²) in [6.07, 6.45) is 3.20. The fourth-order valence-electron chi connectivity index (χ4n) is 1.20. The zero-order valence-corrected chi connectivity index (χ0v) is 9.43. The molecule has 2 rings (SSSR count). The molecular weight excluding hydrogens is 206 g/mol. The largest absolute Gasteiger partial charge is 0.472 e. The minimum Gasteiger partial charge on any atom is -0.472 e. The van der Waals surface area contributed by atoms with Gasteiger partial charge in [0, 0.05) is 21.1 Å². The molecule has 0 aliphatic heterocycles. The molecule has 2 heterocycles. The van der Waals surface area contributed by atoms with E-state index in [9.17, 15) is 0 Å². The zero-order valence-electron chi connectivity index (χ0n) is 9.43. The van der Waals surface area contributed by atoms with Crippen molar-refractivity contribution in [1.29, 1.82) is 0 Å². The molecule has 84 valence electrons. The summed E-state index contributed by atoms with van der Waals surface area (Å²) >= 11 is 0. The Morgan fingerprint density at radius 3 is 2.62 bits per heavy atom. The number of aromatic nitrogens is 3. The topological polar surface area (TPSA) is 67.1 Å². The summed E-state index contributed by atoms with van der Waals surface area (Å²) in [6.45, 7) is 0. The van der Waals surface area contributed by atoms with Crippen molar-refractivity contribution in [3.63, 3.8) is 0 Å². The predicted molar refractivity (Wildman–Crippen MR) is 61.4 cm³/mol. The predicted octanol–water partition coefficient (Wildman–Crippen LogP) is 1.24. The first-order chi connectivity index (χ1) is 7.70. The van der Waals surface area contributed by atoms with Gasteiger partial charge >= 0.3 is 0 Å². The normalized spacial score (nSPS) is 10.2. The molecule has 0 unspecified atom stereocenters. The molecular formula is C10H13N5O. The summed E-state index contributed by atoms with van der Waals surface area (Å²) in [4.78, 5) is 14.6. The van der Waals surface area contributed by atoms with E-state index in [-0.39, 0.29) is 0 Å². The molecule has 0 saturated heterocycles. The third kappa shape index (κ3) is 1.95. The lowest BCUT2D eigenvalue weighted by Gasteiger charge is -2.11. The molecule has 16 heavy (non-hydrogen) atoms. The first kappa shape index (κ1) is 10.4. The van der Waals surface area contributed by atoms with Gasteiger partial charge in [-0.25, -0.2) is 0 Å². The van der Waals surface area contributed by atoms with E-state index < -0.39 is 0 Å². The van der Waals surface area contributed by atoms with E-state index in [1.807, 2.05) is 25.1 Å². The molecule has 6 nitrogen and oxygen atoms in total. The lowest BCUT2D eigenvalue weighted by Crippen LogP contribution is -2.15. The van der Waals surface area contributed by atoms with Crippen LogP contribution in [0.4, 0.5) is 11.9 Å². The summed E-state index contributed by atoms with van der Waals surface area (Å²) in [6, 6.07) is 1.81. The van der Waals surface area contributed by atoms with Gasteiger partial charge in [-0.15, -0.1) is 0 Å². The van der Waals surface area contributed by atoms with Gasteiger partial charge in [-0.1, -0.05) is 0 Å². The Bertz CT molecular complexity index is 466. The van der Waals surface area contributed by atoms with E-state index in [2.05, 4.69) is 20.3 Å². The second-order valence-corrected chi connectivity index (χ2v) is 3.44. The Hall–Kier alpha value is -2.11. The van der Waals surface area contributed by atoms with Crippen LogP contribution in [0.15, 0.2) is 23.0 Å². The van der Waals surface area contributed by atoms with Crippen molar-refractivity contribution in [2.24, 2.45) is 0 Å². The number of nitrogens with one attached hydrogen (secondary N) is 1. The maximum atomic E-state index is 5.01. The quantitative estimate of drug-likeness (QED) is 0.837. The van der Waals surface area contributed by atoms with Gasteiger partial charge < -0.3 is 14.6 Å². The summed E-state index contributed by atoms with van der Waals surface area (Å²) in [7, 11) is 5.54. The molecule has 2 aromatic rings. The van der Waals surface area contributed by atoms with Gasteiger partial charge in [-0.3, -0.25) is 0 Å². The highest BCUT2D eigenvalue weighted by Crippen LogP contribution is 2.18. The number of rotatable bonds is 3. The summed E-state index contributed by atoms with van der Waals surface area (Å²) in [5.41, 5.74) is 0.835. The minimum atomic E-state index is 0.537. The molecule has 2 aromatic heterocycles. The zero-order chi connectivity index (χ0) is 11.5. The second kappa shape index (κ2) is 4.18. The van der Waals surface area contributed by atoms with Gasteiger partial charge in [0.05, 0.1) is 11.8 Å². The highest BCUT2D eigenvalue weighted by molar-refractivity contribution is 5.56. The van der Waals surface area contributed by atoms with E-state index in [0.29, 0.717) is 17.7 Å². The molecule has 0 spiro atoms. The van der Waals surface area contributed by atoms with Crippen LogP contribution >= 0.6 is 0 Å². The van der Waals surface area contributed by atoms with E-state index in [1.54, 1.807) is 19.6 Å².